The number of quaternary nitrogens is 1. The Hall–Kier alpha value is -1.43. The molecule has 2 aliphatic heterocycles. The maximum absolute atomic E-state index is 6.55. The molecule has 0 N–H and O–H groups in total. The third-order valence-corrected chi connectivity index (χ3v) is 5.84. The number of halogens is 3. The van der Waals surface area contributed by atoms with Crippen LogP contribution in [0.25, 0.3) is 0 Å². The van der Waals surface area contributed by atoms with Crippen LogP contribution in [-0.2, 0) is 0 Å². The van der Waals surface area contributed by atoms with Gasteiger partial charge in [0.25, 0.3) is 5.84 Å². The molecule has 4 rings (SSSR count). The molecule has 2 aromatic carbocycles. The van der Waals surface area contributed by atoms with E-state index >= 15 is 0 Å². The van der Waals surface area contributed by atoms with Crippen molar-refractivity contribution in [1.29, 1.82) is 0 Å². The molecule has 1 fully saturated rings. The molecular weight excluding hydrogens is 403 g/mol. The van der Waals surface area contributed by atoms with Crippen LogP contribution in [0.4, 0.5) is 5.69 Å². The maximum Gasteiger partial charge on any atom is 0.290 e. The fourth-order valence-corrected chi connectivity index (χ4v) is 4.37. The van der Waals surface area contributed by atoms with E-state index in [1.807, 2.05) is 36.4 Å². The molecule has 140 valence electrons. The summed E-state index contributed by atoms with van der Waals surface area (Å²) in [7, 11) is 0. The van der Waals surface area contributed by atoms with Gasteiger partial charge >= 0.3 is 0 Å². The van der Waals surface area contributed by atoms with Crippen molar-refractivity contribution in [3.05, 3.63) is 63.1 Å². The van der Waals surface area contributed by atoms with Crippen LogP contribution in [0.1, 0.15) is 31.2 Å². The number of benzene rings is 2. The molecule has 0 saturated carbocycles. The first-order valence-corrected chi connectivity index (χ1v) is 10.2. The molecule has 0 radical (unpaired) electrons. The largest absolute Gasteiger partial charge is 0.290 e. The zero-order valence-corrected chi connectivity index (χ0v) is 17.1. The van der Waals surface area contributed by atoms with Crippen molar-refractivity contribution in [2.45, 2.75) is 25.7 Å². The monoisotopic (exact) mass is 421 g/mol. The van der Waals surface area contributed by atoms with E-state index in [1.54, 1.807) is 12.4 Å². The molecule has 0 bridgehead atoms. The third-order valence-electron chi connectivity index (χ3n) is 5.04. The van der Waals surface area contributed by atoms with Crippen LogP contribution in [0.15, 0.2) is 52.6 Å². The van der Waals surface area contributed by atoms with Crippen LogP contribution in [0.2, 0.25) is 15.1 Å². The average molecular weight is 423 g/mol. The number of nitrogens with zero attached hydrogens (tertiary/aromatic N) is 4. The fourth-order valence-electron chi connectivity index (χ4n) is 3.75. The molecule has 0 aliphatic carbocycles. The quantitative estimate of drug-likeness (QED) is 0.545. The first-order chi connectivity index (χ1) is 13.1. The predicted octanol–water partition coefficient (Wildman–Crippen LogP) is 6.15. The summed E-state index contributed by atoms with van der Waals surface area (Å²) in [4.78, 5) is 4.65. The zero-order chi connectivity index (χ0) is 18.9. The number of hydrogen-bond donors (Lipinski definition) is 0. The van der Waals surface area contributed by atoms with Crippen molar-refractivity contribution in [3.8, 4) is 0 Å². The molecule has 2 aromatic rings. The smallest absolute Gasteiger partial charge is 0.174 e. The standard InChI is InChI=1S/C20H20Cl3N4/c21-15-5-8-17(9-6-15)27(26-11-3-1-2-4-12-26)20(24-14-25-27)18-10-7-16(22)13-19(18)23/h5-10,13-14H,1-4,11-12H2/q+1. The second kappa shape index (κ2) is 7.90. The van der Waals surface area contributed by atoms with Gasteiger partial charge < -0.3 is 0 Å². The summed E-state index contributed by atoms with van der Waals surface area (Å²) in [6, 6.07) is 13.3. The Balaban J connectivity index is 1.87. The Morgan fingerprint density at radius 1 is 0.815 bits per heavy atom. The normalized spacial score (nSPS) is 23.3. The Kier molecular flexibility index (Phi) is 5.53. The lowest BCUT2D eigenvalue weighted by molar-refractivity contribution is 0.0605. The number of hydrogen-bond acceptors (Lipinski definition) is 3. The van der Waals surface area contributed by atoms with Gasteiger partial charge in [0.05, 0.1) is 23.7 Å². The van der Waals surface area contributed by atoms with Crippen LogP contribution < -0.4 is 4.70 Å². The minimum absolute atomic E-state index is 0.179. The van der Waals surface area contributed by atoms with E-state index < -0.39 is 0 Å². The zero-order valence-electron chi connectivity index (χ0n) is 14.8. The van der Waals surface area contributed by atoms with Crippen LogP contribution in [-0.4, -0.2) is 30.3 Å². The van der Waals surface area contributed by atoms with Crippen LogP contribution >= 0.6 is 34.8 Å². The third kappa shape index (κ3) is 3.53. The summed E-state index contributed by atoms with van der Waals surface area (Å²) in [6.07, 6.45) is 6.35. The molecule has 0 spiro atoms. The van der Waals surface area contributed by atoms with E-state index in [9.17, 15) is 0 Å². The van der Waals surface area contributed by atoms with Gasteiger partial charge in [-0.2, -0.15) is 4.99 Å². The van der Waals surface area contributed by atoms with Crippen molar-refractivity contribution in [2.75, 3.05) is 13.1 Å². The summed E-state index contributed by atoms with van der Waals surface area (Å²) in [6.45, 7) is 1.87. The van der Waals surface area contributed by atoms with Crippen molar-refractivity contribution < 1.29 is 0 Å². The van der Waals surface area contributed by atoms with E-state index in [0.29, 0.717) is 15.1 Å². The van der Waals surface area contributed by atoms with Gasteiger partial charge in [-0.05, 0) is 53.0 Å². The summed E-state index contributed by atoms with van der Waals surface area (Å²) in [5.74, 6) is 0.779. The maximum atomic E-state index is 6.55. The van der Waals surface area contributed by atoms with E-state index in [-0.39, 0.29) is 4.70 Å². The minimum Gasteiger partial charge on any atom is -0.174 e. The molecular formula is C20H20Cl3N4+. The van der Waals surface area contributed by atoms with E-state index in [0.717, 1.165) is 43.0 Å². The highest BCUT2D eigenvalue weighted by Crippen LogP contribution is 2.37. The highest BCUT2D eigenvalue weighted by molar-refractivity contribution is 6.37. The molecule has 2 heterocycles. The highest BCUT2D eigenvalue weighted by atomic mass is 35.5. The number of rotatable bonds is 3. The molecule has 2 aliphatic rings. The molecule has 0 amide bonds. The van der Waals surface area contributed by atoms with E-state index in [4.69, 9.17) is 39.9 Å². The first kappa shape index (κ1) is 18.9. The second-order valence-electron chi connectivity index (χ2n) is 6.75. The minimum atomic E-state index is 0.179. The lowest BCUT2D eigenvalue weighted by Crippen LogP contribution is -2.61. The van der Waals surface area contributed by atoms with Gasteiger partial charge in [-0.1, -0.05) is 47.6 Å². The van der Waals surface area contributed by atoms with Gasteiger partial charge in [0.1, 0.15) is 0 Å². The van der Waals surface area contributed by atoms with Gasteiger partial charge in [-0.15, -0.1) is 5.01 Å². The fraction of sp³-hybridized carbons (Fsp3) is 0.300. The van der Waals surface area contributed by atoms with Gasteiger partial charge in [-0.25, -0.2) is 0 Å². The Morgan fingerprint density at radius 3 is 2.15 bits per heavy atom. The molecule has 27 heavy (non-hydrogen) atoms. The predicted molar refractivity (Wildman–Crippen MR) is 115 cm³/mol. The Bertz CT molecular complexity index is 887. The lowest BCUT2D eigenvalue weighted by atomic mass is 10.1. The summed E-state index contributed by atoms with van der Waals surface area (Å²) >= 11 is 18.8. The average Bonchev–Trinajstić information content (AvgIpc) is 2.90. The number of aliphatic imine (C=N–C) groups is 1. The van der Waals surface area contributed by atoms with Crippen molar-refractivity contribution >= 4 is 52.7 Å². The Labute approximate surface area is 174 Å². The topological polar surface area (TPSA) is 28.0 Å². The Morgan fingerprint density at radius 2 is 1.48 bits per heavy atom. The van der Waals surface area contributed by atoms with Crippen LogP contribution in [0.3, 0.4) is 0 Å². The highest BCUT2D eigenvalue weighted by Gasteiger charge is 2.48. The van der Waals surface area contributed by atoms with Crippen LogP contribution in [0.5, 0.6) is 0 Å². The summed E-state index contributed by atoms with van der Waals surface area (Å²) in [5.41, 5.74) is 1.82. The van der Waals surface area contributed by atoms with Crippen molar-refractivity contribution in [2.24, 2.45) is 10.1 Å². The van der Waals surface area contributed by atoms with Crippen LogP contribution in [0, 0.1) is 0 Å². The van der Waals surface area contributed by atoms with Crippen molar-refractivity contribution in [3.63, 3.8) is 0 Å². The molecule has 4 nitrogen and oxygen atoms in total. The van der Waals surface area contributed by atoms with Gasteiger partial charge in [0, 0.05) is 22.2 Å². The second-order valence-corrected chi connectivity index (χ2v) is 8.03. The SMILES string of the molecule is Clc1ccc([N+]2(N3CCCCCC3)N=CN=C2c2ccc(Cl)cc2Cl)cc1. The van der Waals surface area contributed by atoms with E-state index in [1.165, 1.54) is 12.8 Å². The van der Waals surface area contributed by atoms with Crippen molar-refractivity contribution in [1.82, 2.24) is 9.71 Å². The summed E-state index contributed by atoms with van der Waals surface area (Å²) < 4.78 is 0.179. The molecule has 1 atom stereocenters. The molecule has 1 saturated heterocycles. The summed E-state index contributed by atoms with van der Waals surface area (Å²) in [5, 5.41) is 9.08. The van der Waals surface area contributed by atoms with Gasteiger partial charge in [0.2, 0.25) is 0 Å². The van der Waals surface area contributed by atoms with E-state index in [2.05, 4.69) is 10.0 Å². The molecule has 1 unspecified atom stereocenters. The molecule has 7 heteroatoms. The number of amidine groups is 1. The first-order valence-electron chi connectivity index (χ1n) is 9.10. The lowest BCUT2D eigenvalue weighted by Gasteiger charge is -2.37. The van der Waals surface area contributed by atoms with Gasteiger partial charge in [0.15, 0.2) is 12.0 Å². The van der Waals surface area contributed by atoms with Gasteiger partial charge in [-0.3, -0.25) is 0 Å². The molecule has 0 aromatic heterocycles.